The second-order valence-electron chi connectivity index (χ2n) is 6.56. The van der Waals surface area contributed by atoms with Crippen LogP contribution in [0.15, 0.2) is 64.6 Å². The van der Waals surface area contributed by atoms with E-state index >= 15 is 0 Å². The van der Waals surface area contributed by atoms with Gasteiger partial charge in [0.15, 0.2) is 0 Å². The Morgan fingerprint density at radius 1 is 1.04 bits per heavy atom. The number of para-hydroxylation sites is 1. The summed E-state index contributed by atoms with van der Waals surface area (Å²) in [5.41, 5.74) is 5.61. The van der Waals surface area contributed by atoms with Crippen molar-refractivity contribution >= 4 is 33.6 Å². The first-order chi connectivity index (χ1) is 13.4. The third kappa shape index (κ3) is 3.92. The fourth-order valence-electron chi connectivity index (χ4n) is 3.08. The van der Waals surface area contributed by atoms with E-state index < -0.39 is 5.91 Å². The van der Waals surface area contributed by atoms with E-state index in [1.807, 2.05) is 81.4 Å². The number of amides is 1. The second kappa shape index (κ2) is 8.28. The van der Waals surface area contributed by atoms with Crippen LogP contribution >= 0.6 is 15.9 Å². The molecule has 0 bridgehead atoms. The molecule has 1 amide bonds. The van der Waals surface area contributed by atoms with Crippen LogP contribution in [-0.4, -0.2) is 10.5 Å². The van der Waals surface area contributed by atoms with Crippen LogP contribution in [0.4, 0.5) is 5.69 Å². The lowest BCUT2D eigenvalue weighted by atomic mass is 10.1. The molecule has 0 aliphatic heterocycles. The number of hydrogen-bond donors (Lipinski definition) is 1. The number of benzene rings is 2. The zero-order valence-electron chi connectivity index (χ0n) is 16.0. The van der Waals surface area contributed by atoms with Gasteiger partial charge in [-0.15, -0.1) is 0 Å². The normalized spacial score (nSPS) is 11.2. The monoisotopic (exact) mass is 433 g/mol. The Morgan fingerprint density at radius 3 is 2.29 bits per heavy atom. The summed E-state index contributed by atoms with van der Waals surface area (Å²) in [6.07, 6.45) is 1.63. The quantitative estimate of drug-likeness (QED) is 0.422. The molecule has 4 nitrogen and oxygen atoms in total. The summed E-state index contributed by atoms with van der Waals surface area (Å²) in [6, 6.07) is 19.5. The van der Waals surface area contributed by atoms with Crippen molar-refractivity contribution in [3.05, 3.63) is 87.2 Å². The molecule has 3 rings (SSSR count). The number of carbonyl (C=O) groups is 1. The van der Waals surface area contributed by atoms with Gasteiger partial charge in [0, 0.05) is 32.8 Å². The van der Waals surface area contributed by atoms with Crippen LogP contribution in [0.3, 0.4) is 0 Å². The number of nitrogens with one attached hydrogen (secondary N) is 1. The van der Waals surface area contributed by atoms with E-state index in [-0.39, 0.29) is 5.57 Å². The lowest BCUT2D eigenvalue weighted by Crippen LogP contribution is -2.13. The van der Waals surface area contributed by atoms with Gasteiger partial charge in [0.2, 0.25) is 0 Å². The van der Waals surface area contributed by atoms with Crippen LogP contribution in [-0.2, 0) is 4.79 Å². The molecular formula is C23H20BrN3O. The highest BCUT2D eigenvalue weighted by Gasteiger charge is 2.18. The first kappa shape index (κ1) is 19.7. The Kier molecular flexibility index (Phi) is 5.81. The molecule has 0 aliphatic carbocycles. The van der Waals surface area contributed by atoms with Crippen LogP contribution in [0, 0.1) is 32.1 Å². The van der Waals surface area contributed by atoms with Crippen molar-refractivity contribution in [1.29, 1.82) is 5.26 Å². The molecule has 0 unspecified atom stereocenters. The molecule has 0 aliphatic rings. The fourth-order valence-corrected chi connectivity index (χ4v) is 3.66. The van der Waals surface area contributed by atoms with Gasteiger partial charge in [0.25, 0.3) is 5.91 Å². The van der Waals surface area contributed by atoms with Crippen LogP contribution in [0.5, 0.6) is 0 Å². The smallest absolute Gasteiger partial charge is 0.266 e. The molecule has 28 heavy (non-hydrogen) atoms. The summed E-state index contributed by atoms with van der Waals surface area (Å²) in [4.78, 5) is 12.6. The standard InChI is InChI=1S/C23H20BrN3O/c1-15-9-11-19(12-10-15)26-23(28)18(14-25)13-21-16(2)27(17(3)22(21)24)20-7-5-4-6-8-20/h4-13H,1-3H3,(H,26,28)/b18-13-. The molecule has 0 fully saturated rings. The minimum Gasteiger partial charge on any atom is -0.321 e. The van der Waals surface area contributed by atoms with Gasteiger partial charge in [0.1, 0.15) is 11.6 Å². The van der Waals surface area contributed by atoms with Gasteiger partial charge in [-0.05, 0) is 67.0 Å². The first-order valence-corrected chi connectivity index (χ1v) is 9.64. The number of aryl methyl sites for hydroxylation is 1. The Morgan fingerprint density at radius 2 is 1.68 bits per heavy atom. The van der Waals surface area contributed by atoms with Gasteiger partial charge in [0.05, 0.1) is 0 Å². The van der Waals surface area contributed by atoms with E-state index in [1.54, 1.807) is 6.08 Å². The molecule has 0 saturated carbocycles. The Bertz CT molecular complexity index is 1090. The van der Waals surface area contributed by atoms with E-state index in [0.29, 0.717) is 5.69 Å². The predicted octanol–water partition coefficient (Wildman–Crippen LogP) is 5.71. The molecule has 0 atom stereocenters. The number of aromatic nitrogens is 1. The number of rotatable bonds is 4. The highest BCUT2D eigenvalue weighted by molar-refractivity contribution is 9.10. The fraction of sp³-hybridized carbons (Fsp3) is 0.130. The van der Waals surface area contributed by atoms with Crippen LogP contribution < -0.4 is 5.32 Å². The molecule has 0 radical (unpaired) electrons. The number of nitrogens with zero attached hydrogens (tertiary/aromatic N) is 2. The van der Waals surface area contributed by atoms with E-state index in [0.717, 1.165) is 32.7 Å². The van der Waals surface area contributed by atoms with Crippen molar-refractivity contribution in [2.75, 3.05) is 5.32 Å². The largest absolute Gasteiger partial charge is 0.321 e. The zero-order chi connectivity index (χ0) is 20.3. The SMILES string of the molecule is Cc1ccc(NC(=O)/C(C#N)=C\c2c(Br)c(C)n(-c3ccccc3)c2C)cc1. The zero-order valence-corrected chi connectivity index (χ0v) is 17.5. The second-order valence-corrected chi connectivity index (χ2v) is 7.35. The molecule has 0 spiro atoms. The number of nitriles is 1. The summed E-state index contributed by atoms with van der Waals surface area (Å²) in [6.45, 7) is 5.95. The van der Waals surface area contributed by atoms with Crippen molar-refractivity contribution in [1.82, 2.24) is 4.57 Å². The molecule has 2 aromatic carbocycles. The van der Waals surface area contributed by atoms with Crippen LogP contribution in [0.1, 0.15) is 22.5 Å². The number of carbonyl (C=O) groups excluding carboxylic acids is 1. The molecule has 1 aromatic heterocycles. The molecule has 140 valence electrons. The minimum absolute atomic E-state index is 0.0505. The van der Waals surface area contributed by atoms with Gasteiger partial charge in [-0.2, -0.15) is 5.26 Å². The maximum atomic E-state index is 12.6. The molecule has 0 saturated heterocycles. The Balaban J connectivity index is 1.98. The maximum absolute atomic E-state index is 12.6. The van der Waals surface area contributed by atoms with Gasteiger partial charge in [-0.25, -0.2) is 0 Å². The van der Waals surface area contributed by atoms with Gasteiger partial charge in [-0.1, -0.05) is 35.9 Å². The number of anilines is 1. The topological polar surface area (TPSA) is 57.8 Å². The average Bonchev–Trinajstić information content (AvgIpc) is 2.91. The van der Waals surface area contributed by atoms with Gasteiger partial charge >= 0.3 is 0 Å². The summed E-state index contributed by atoms with van der Waals surface area (Å²) < 4.78 is 2.97. The van der Waals surface area contributed by atoms with Crippen molar-refractivity contribution in [3.8, 4) is 11.8 Å². The molecule has 5 heteroatoms. The first-order valence-electron chi connectivity index (χ1n) is 8.85. The van der Waals surface area contributed by atoms with Crippen LogP contribution in [0.2, 0.25) is 0 Å². The minimum atomic E-state index is -0.428. The lowest BCUT2D eigenvalue weighted by molar-refractivity contribution is -0.112. The highest BCUT2D eigenvalue weighted by atomic mass is 79.9. The lowest BCUT2D eigenvalue weighted by Gasteiger charge is -2.09. The molecular weight excluding hydrogens is 414 g/mol. The van der Waals surface area contributed by atoms with Crippen molar-refractivity contribution in [2.45, 2.75) is 20.8 Å². The maximum Gasteiger partial charge on any atom is 0.266 e. The van der Waals surface area contributed by atoms with Crippen molar-refractivity contribution in [3.63, 3.8) is 0 Å². The Labute approximate surface area is 173 Å². The van der Waals surface area contributed by atoms with E-state index in [9.17, 15) is 10.1 Å². The van der Waals surface area contributed by atoms with E-state index in [2.05, 4.69) is 25.8 Å². The van der Waals surface area contributed by atoms with Crippen LogP contribution in [0.25, 0.3) is 11.8 Å². The van der Waals surface area contributed by atoms with Gasteiger partial charge in [-0.3, -0.25) is 4.79 Å². The third-order valence-corrected chi connectivity index (χ3v) is 5.59. The summed E-state index contributed by atoms with van der Waals surface area (Å²) >= 11 is 3.62. The van der Waals surface area contributed by atoms with Crippen molar-refractivity contribution in [2.24, 2.45) is 0 Å². The number of hydrogen-bond acceptors (Lipinski definition) is 2. The third-order valence-electron chi connectivity index (χ3n) is 4.59. The summed E-state index contributed by atoms with van der Waals surface area (Å²) in [7, 11) is 0. The molecule has 3 aromatic rings. The highest BCUT2D eigenvalue weighted by Crippen LogP contribution is 2.32. The van der Waals surface area contributed by atoms with E-state index in [1.165, 1.54) is 0 Å². The Hall–Kier alpha value is -3.10. The number of halogens is 1. The van der Waals surface area contributed by atoms with Gasteiger partial charge < -0.3 is 9.88 Å². The van der Waals surface area contributed by atoms with E-state index in [4.69, 9.17) is 0 Å². The summed E-state index contributed by atoms with van der Waals surface area (Å²) in [5.74, 6) is -0.428. The van der Waals surface area contributed by atoms with Crippen molar-refractivity contribution < 1.29 is 4.79 Å². The predicted molar refractivity (Wildman–Crippen MR) is 116 cm³/mol. The summed E-state index contributed by atoms with van der Waals surface area (Å²) in [5, 5.41) is 12.3. The average molecular weight is 434 g/mol. The molecule has 1 N–H and O–H groups in total. The molecule has 1 heterocycles.